The lowest BCUT2D eigenvalue weighted by Gasteiger charge is -2.25. The first-order valence-electron chi connectivity index (χ1n) is 6.17. The van der Waals surface area contributed by atoms with Crippen LogP contribution < -0.4 is 0 Å². The van der Waals surface area contributed by atoms with Crippen molar-refractivity contribution < 1.29 is 4.74 Å². The van der Waals surface area contributed by atoms with Crippen molar-refractivity contribution in [2.75, 3.05) is 11.9 Å². The molecular formula is C14H19BrO. The van der Waals surface area contributed by atoms with Crippen LogP contribution in [0, 0.1) is 0 Å². The standard InChI is InChI=1S/C14H19BrO/c15-10-3-4-11-16-14-9-5-7-12-6-1-2-8-13(12)14/h1-2,6,8,14H,3-5,7,9-11H2. The number of hydrogen-bond donors (Lipinski definition) is 0. The number of aryl methyl sites for hydroxylation is 1. The zero-order chi connectivity index (χ0) is 11.2. The number of halogens is 1. The van der Waals surface area contributed by atoms with Crippen LogP contribution in [0.15, 0.2) is 24.3 Å². The predicted molar refractivity (Wildman–Crippen MR) is 71.1 cm³/mol. The summed E-state index contributed by atoms with van der Waals surface area (Å²) in [7, 11) is 0. The minimum absolute atomic E-state index is 0.347. The molecule has 1 aromatic carbocycles. The number of alkyl halides is 1. The maximum Gasteiger partial charge on any atom is 0.0827 e. The van der Waals surface area contributed by atoms with E-state index in [0.29, 0.717) is 6.10 Å². The van der Waals surface area contributed by atoms with E-state index in [-0.39, 0.29) is 0 Å². The second-order valence-corrected chi connectivity index (χ2v) is 5.14. The van der Waals surface area contributed by atoms with Crippen molar-refractivity contribution in [2.45, 2.75) is 38.2 Å². The molecule has 2 rings (SSSR count). The molecule has 0 saturated carbocycles. The van der Waals surface area contributed by atoms with Crippen LogP contribution >= 0.6 is 15.9 Å². The second-order valence-electron chi connectivity index (χ2n) is 4.35. The van der Waals surface area contributed by atoms with E-state index in [0.717, 1.165) is 18.4 Å². The topological polar surface area (TPSA) is 9.23 Å². The van der Waals surface area contributed by atoms with Gasteiger partial charge in [-0.05, 0) is 43.2 Å². The first-order valence-corrected chi connectivity index (χ1v) is 7.29. The van der Waals surface area contributed by atoms with E-state index in [1.165, 1.54) is 36.8 Å². The molecule has 0 heterocycles. The van der Waals surface area contributed by atoms with Gasteiger partial charge in [-0.2, -0.15) is 0 Å². The van der Waals surface area contributed by atoms with Crippen LogP contribution in [0.4, 0.5) is 0 Å². The fraction of sp³-hybridized carbons (Fsp3) is 0.571. The normalized spacial score (nSPS) is 19.4. The molecule has 1 aromatic rings. The third-order valence-corrected chi connectivity index (χ3v) is 3.72. The van der Waals surface area contributed by atoms with Crippen LogP contribution in [0.3, 0.4) is 0 Å². The molecule has 0 aliphatic heterocycles. The molecule has 1 atom stereocenters. The Hall–Kier alpha value is -0.340. The highest BCUT2D eigenvalue weighted by Gasteiger charge is 2.19. The third kappa shape index (κ3) is 3.08. The smallest absolute Gasteiger partial charge is 0.0827 e. The molecule has 1 aliphatic carbocycles. The Morgan fingerprint density at radius 1 is 1.25 bits per heavy atom. The lowest BCUT2D eigenvalue weighted by molar-refractivity contribution is 0.0391. The van der Waals surface area contributed by atoms with Crippen molar-refractivity contribution in [3.63, 3.8) is 0 Å². The molecule has 0 radical (unpaired) electrons. The lowest BCUT2D eigenvalue weighted by atomic mass is 9.89. The fourth-order valence-electron chi connectivity index (χ4n) is 2.30. The van der Waals surface area contributed by atoms with E-state index in [9.17, 15) is 0 Å². The molecule has 0 aromatic heterocycles. The molecule has 0 bridgehead atoms. The van der Waals surface area contributed by atoms with Crippen LogP contribution in [0.1, 0.15) is 42.9 Å². The average molecular weight is 283 g/mol. The molecule has 1 nitrogen and oxygen atoms in total. The first-order chi connectivity index (χ1) is 7.92. The quantitative estimate of drug-likeness (QED) is 0.579. The molecular weight excluding hydrogens is 264 g/mol. The van der Waals surface area contributed by atoms with Gasteiger partial charge in [0.2, 0.25) is 0 Å². The molecule has 1 unspecified atom stereocenters. The summed E-state index contributed by atoms with van der Waals surface area (Å²) in [6.07, 6.45) is 6.38. The number of fused-ring (bicyclic) bond motifs is 1. The van der Waals surface area contributed by atoms with Crippen LogP contribution in [0.2, 0.25) is 0 Å². The summed E-state index contributed by atoms with van der Waals surface area (Å²) in [4.78, 5) is 0. The van der Waals surface area contributed by atoms with E-state index in [1.54, 1.807) is 0 Å². The number of hydrogen-bond acceptors (Lipinski definition) is 1. The number of rotatable bonds is 5. The Morgan fingerprint density at radius 2 is 2.12 bits per heavy atom. The zero-order valence-electron chi connectivity index (χ0n) is 9.62. The lowest BCUT2D eigenvalue weighted by Crippen LogP contribution is -2.13. The minimum Gasteiger partial charge on any atom is -0.374 e. The highest BCUT2D eigenvalue weighted by Crippen LogP contribution is 2.32. The Bertz CT molecular complexity index is 324. The highest BCUT2D eigenvalue weighted by atomic mass is 79.9. The monoisotopic (exact) mass is 282 g/mol. The van der Waals surface area contributed by atoms with Crippen molar-refractivity contribution in [3.8, 4) is 0 Å². The Labute approximate surface area is 106 Å². The van der Waals surface area contributed by atoms with Crippen LogP contribution in [0.25, 0.3) is 0 Å². The highest BCUT2D eigenvalue weighted by molar-refractivity contribution is 9.09. The van der Waals surface area contributed by atoms with E-state index in [4.69, 9.17) is 4.74 Å². The van der Waals surface area contributed by atoms with E-state index in [2.05, 4.69) is 40.2 Å². The summed E-state index contributed by atoms with van der Waals surface area (Å²) in [6.45, 7) is 0.893. The molecule has 0 spiro atoms. The third-order valence-electron chi connectivity index (χ3n) is 3.16. The molecule has 16 heavy (non-hydrogen) atoms. The van der Waals surface area contributed by atoms with Gasteiger partial charge in [0.1, 0.15) is 0 Å². The second kappa shape index (κ2) is 6.41. The van der Waals surface area contributed by atoms with Gasteiger partial charge in [0.05, 0.1) is 6.10 Å². The molecule has 88 valence electrons. The predicted octanol–water partition coefficient (Wildman–Crippen LogP) is 4.26. The van der Waals surface area contributed by atoms with Crippen molar-refractivity contribution >= 4 is 15.9 Å². The molecule has 0 amide bonds. The molecule has 0 N–H and O–H groups in total. The SMILES string of the molecule is BrCCCCOC1CCCc2ccccc21. The van der Waals surface area contributed by atoms with Crippen molar-refractivity contribution in [3.05, 3.63) is 35.4 Å². The summed E-state index contributed by atoms with van der Waals surface area (Å²) in [5, 5.41) is 1.08. The fourth-order valence-corrected chi connectivity index (χ4v) is 2.70. The summed E-state index contributed by atoms with van der Waals surface area (Å²) in [5.74, 6) is 0. The molecule has 0 fully saturated rings. The van der Waals surface area contributed by atoms with Crippen molar-refractivity contribution in [2.24, 2.45) is 0 Å². The van der Waals surface area contributed by atoms with Gasteiger partial charge in [0.15, 0.2) is 0 Å². The zero-order valence-corrected chi connectivity index (χ0v) is 11.2. The summed E-state index contributed by atoms with van der Waals surface area (Å²) in [5.41, 5.74) is 2.91. The van der Waals surface area contributed by atoms with Gasteiger partial charge in [-0.25, -0.2) is 0 Å². The molecule has 2 heteroatoms. The van der Waals surface area contributed by atoms with Gasteiger partial charge in [0, 0.05) is 11.9 Å². The molecule has 0 saturated heterocycles. The van der Waals surface area contributed by atoms with Gasteiger partial charge in [-0.15, -0.1) is 0 Å². The van der Waals surface area contributed by atoms with Gasteiger partial charge < -0.3 is 4.74 Å². The summed E-state index contributed by atoms with van der Waals surface area (Å²) >= 11 is 3.45. The van der Waals surface area contributed by atoms with Crippen LogP contribution in [-0.4, -0.2) is 11.9 Å². The average Bonchev–Trinajstić information content (AvgIpc) is 2.35. The van der Waals surface area contributed by atoms with E-state index >= 15 is 0 Å². The van der Waals surface area contributed by atoms with Crippen molar-refractivity contribution in [1.82, 2.24) is 0 Å². The number of unbranched alkanes of at least 4 members (excludes halogenated alkanes) is 1. The number of benzene rings is 1. The van der Waals surface area contributed by atoms with Crippen LogP contribution in [-0.2, 0) is 11.2 Å². The van der Waals surface area contributed by atoms with Gasteiger partial charge in [0.25, 0.3) is 0 Å². The van der Waals surface area contributed by atoms with Crippen molar-refractivity contribution in [1.29, 1.82) is 0 Å². The van der Waals surface area contributed by atoms with Gasteiger partial charge in [-0.1, -0.05) is 40.2 Å². The van der Waals surface area contributed by atoms with Crippen LogP contribution in [0.5, 0.6) is 0 Å². The Morgan fingerprint density at radius 3 is 3.00 bits per heavy atom. The minimum atomic E-state index is 0.347. The maximum atomic E-state index is 5.99. The van der Waals surface area contributed by atoms with Gasteiger partial charge >= 0.3 is 0 Å². The van der Waals surface area contributed by atoms with Gasteiger partial charge in [-0.3, -0.25) is 0 Å². The van der Waals surface area contributed by atoms with E-state index in [1.807, 2.05) is 0 Å². The Kier molecular flexibility index (Phi) is 4.86. The summed E-state index contributed by atoms with van der Waals surface area (Å²) in [6, 6.07) is 8.72. The summed E-state index contributed by atoms with van der Waals surface area (Å²) < 4.78 is 5.99. The van der Waals surface area contributed by atoms with E-state index < -0.39 is 0 Å². The largest absolute Gasteiger partial charge is 0.374 e. The molecule has 1 aliphatic rings. The Balaban J connectivity index is 1.91. The first kappa shape index (κ1) is 12.1. The number of ether oxygens (including phenoxy) is 1. The maximum absolute atomic E-state index is 5.99.